The summed E-state index contributed by atoms with van der Waals surface area (Å²) in [5.41, 5.74) is 5.54. The van der Waals surface area contributed by atoms with E-state index in [1.807, 2.05) is 48.5 Å². The number of carbonyl (C=O) groups is 2. The Hall–Kier alpha value is -6.02. The van der Waals surface area contributed by atoms with Crippen LogP contribution in [0.5, 0.6) is 0 Å². The van der Waals surface area contributed by atoms with Crippen molar-refractivity contribution in [3.05, 3.63) is 140 Å². The van der Waals surface area contributed by atoms with E-state index in [0.717, 1.165) is 22.3 Å². The second-order valence-electron chi connectivity index (χ2n) is 10.5. The first-order valence-corrected chi connectivity index (χ1v) is 13.1. The number of non-ortho nitro benzene ring substituents is 2. The fourth-order valence-electron chi connectivity index (χ4n) is 6.45. The van der Waals surface area contributed by atoms with Gasteiger partial charge in [0, 0.05) is 57.3 Å². The van der Waals surface area contributed by atoms with Gasteiger partial charge >= 0.3 is 0 Å². The van der Waals surface area contributed by atoms with Crippen molar-refractivity contribution in [2.45, 2.75) is 0 Å². The highest BCUT2D eigenvalue weighted by atomic mass is 16.6. The summed E-state index contributed by atoms with van der Waals surface area (Å²) in [6.07, 6.45) is 0. The number of benzene rings is 6. The molecule has 42 heavy (non-hydrogen) atoms. The molecule has 0 spiro atoms. The highest BCUT2D eigenvalue weighted by molar-refractivity contribution is 6.28. The zero-order valence-electron chi connectivity index (χ0n) is 21.6. The van der Waals surface area contributed by atoms with Gasteiger partial charge in [0.25, 0.3) is 11.4 Å². The van der Waals surface area contributed by atoms with E-state index in [0.29, 0.717) is 43.8 Å². The number of nitrogens with zero attached hydrogens (tertiary/aromatic N) is 2. The molecule has 0 heterocycles. The lowest BCUT2D eigenvalue weighted by atomic mass is 9.79. The quantitative estimate of drug-likeness (QED) is 0.163. The van der Waals surface area contributed by atoms with Crippen molar-refractivity contribution in [3.63, 3.8) is 0 Å². The second-order valence-corrected chi connectivity index (χ2v) is 10.5. The monoisotopic (exact) mass is 548 g/mol. The van der Waals surface area contributed by atoms with Crippen LogP contribution < -0.4 is 0 Å². The minimum atomic E-state index is -0.509. The molecule has 198 valence electrons. The maximum Gasteiger partial charge on any atom is 0.270 e. The van der Waals surface area contributed by atoms with E-state index in [4.69, 9.17) is 0 Å². The second kappa shape index (κ2) is 8.25. The third kappa shape index (κ3) is 3.17. The maximum absolute atomic E-state index is 13.4. The highest BCUT2D eigenvalue weighted by Gasteiger charge is 2.30. The summed E-state index contributed by atoms with van der Waals surface area (Å²) in [5.74, 6) is -0.536. The maximum atomic E-state index is 13.4. The van der Waals surface area contributed by atoms with Crippen molar-refractivity contribution in [2.24, 2.45) is 0 Å². The number of fused-ring (bicyclic) bond motifs is 4. The van der Waals surface area contributed by atoms with Crippen LogP contribution in [0.15, 0.2) is 97.1 Å². The van der Waals surface area contributed by atoms with Crippen molar-refractivity contribution in [1.29, 1.82) is 0 Å². The van der Waals surface area contributed by atoms with Gasteiger partial charge in [-0.2, -0.15) is 0 Å². The molecule has 6 aromatic rings. The van der Waals surface area contributed by atoms with Crippen LogP contribution in [0.3, 0.4) is 0 Å². The van der Waals surface area contributed by atoms with Crippen LogP contribution in [-0.4, -0.2) is 21.4 Å². The lowest BCUT2D eigenvalue weighted by molar-refractivity contribution is -0.384. The third-order valence-corrected chi connectivity index (χ3v) is 8.24. The van der Waals surface area contributed by atoms with Gasteiger partial charge in [-0.15, -0.1) is 0 Å². The van der Waals surface area contributed by atoms with Gasteiger partial charge in [0.15, 0.2) is 11.6 Å². The Kier molecular flexibility index (Phi) is 4.68. The predicted octanol–water partition coefficient (Wildman–Crippen LogP) is 7.90. The number of ketones is 2. The first-order chi connectivity index (χ1) is 20.3. The van der Waals surface area contributed by atoms with Gasteiger partial charge in [-0.3, -0.25) is 29.8 Å². The Morgan fingerprint density at radius 2 is 0.810 bits per heavy atom. The first kappa shape index (κ1) is 23.8. The molecule has 2 aliphatic carbocycles. The molecule has 0 saturated carbocycles. The number of nitro benzene ring substituents is 2. The van der Waals surface area contributed by atoms with Crippen molar-refractivity contribution < 1.29 is 19.4 Å². The molecule has 0 aromatic heterocycles. The summed E-state index contributed by atoms with van der Waals surface area (Å²) in [4.78, 5) is 49.5. The van der Waals surface area contributed by atoms with Crippen LogP contribution in [0, 0.1) is 20.2 Å². The molecule has 0 saturated heterocycles. The minimum absolute atomic E-state index is 0.186. The molecule has 0 radical (unpaired) electrons. The van der Waals surface area contributed by atoms with Crippen LogP contribution in [0.2, 0.25) is 0 Å². The van der Waals surface area contributed by atoms with E-state index in [2.05, 4.69) is 0 Å². The van der Waals surface area contributed by atoms with E-state index < -0.39 is 9.85 Å². The number of nitro groups is 2. The molecule has 8 heteroatoms. The van der Waals surface area contributed by atoms with Crippen LogP contribution in [-0.2, 0) is 0 Å². The Morgan fingerprint density at radius 3 is 1.19 bits per heavy atom. The fourth-order valence-corrected chi connectivity index (χ4v) is 6.45. The summed E-state index contributed by atoms with van der Waals surface area (Å²) in [6, 6.07) is 27.5. The average Bonchev–Trinajstić information content (AvgIpc) is 3.01. The summed E-state index contributed by atoms with van der Waals surface area (Å²) >= 11 is 0. The van der Waals surface area contributed by atoms with Crippen LogP contribution >= 0.6 is 0 Å². The zero-order valence-corrected chi connectivity index (χ0v) is 21.6. The largest absolute Gasteiger partial charge is 0.289 e. The van der Waals surface area contributed by atoms with Crippen molar-refractivity contribution in [3.8, 4) is 33.4 Å². The molecule has 0 unspecified atom stereocenters. The normalized spacial score (nSPS) is 12.8. The van der Waals surface area contributed by atoms with Gasteiger partial charge < -0.3 is 0 Å². The zero-order chi connectivity index (χ0) is 28.9. The first-order valence-electron chi connectivity index (χ1n) is 13.1. The molecular weight excluding hydrogens is 532 g/mol. The number of carbonyl (C=O) groups excluding carboxylic acids is 2. The van der Waals surface area contributed by atoms with E-state index in [-0.39, 0.29) is 34.1 Å². The minimum Gasteiger partial charge on any atom is -0.289 e. The number of hydrogen-bond acceptors (Lipinski definition) is 6. The van der Waals surface area contributed by atoms with Crippen molar-refractivity contribution in [2.75, 3.05) is 0 Å². The smallest absolute Gasteiger partial charge is 0.270 e. The Morgan fingerprint density at radius 1 is 0.429 bits per heavy atom. The standard InChI is InChI=1S/C34H16N2O6/c37-33-25-7-3-1-5-23(25)27-13-17(9-19-11-21(35(39)40)15-29(33)31(19)27)18-10-20-12-22(36(41)42)16-30-32(20)28(14-18)24-6-2-4-8-26(24)34(30)38/h1-16H. The molecular formula is C34H16N2O6. The highest BCUT2D eigenvalue weighted by Crippen LogP contribution is 2.46. The van der Waals surface area contributed by atoms with E-state index in [1.165, 1.54) is 24.3 Å². The predicted molar refractivity (Wildman–Crippen MR) is 158 cm³/mol. The molecule has 2 aliphatic rings. The summed E-state index contributed by atoms with van der Waals surface area (Å²) in [7, 11) is 0. The third-order valence-electron chi connectivity index (χ3n) is 8.24. The molecule has 8 nitrogen and oxygen atoms in total. The van der Waals surface area contributed by atoms with Crippen LogP contribution in [0.25, 0.3) is 54.9 Å². The van der Waals surface area contributed by atoms with Gasteiger partial charge in [-0.05, 0) is 68.4 Å². The molecule has 0 amide bonds. The molecule has 0 fully saturated rings. The molecule has 0 bridgehead atoms. The van der Waals surface area contributed by atoms with Gasteiger partial charge in [-0.1, -0.05) is 48.5 Å². The van der Waals surface area contributed by atoms with E-state index >= 15 is 0 Å². The fraction of sp³-hybridized carbons (Fsp3) is 0. The van der Waals surface area contributed by atoms with E-state index in [1.54, 1.807) is 24.3 Å². The Labute approximate surface area is 236 Å². The van der Waals surface area contributed by atoms with Crippen molar-refractivity contribution in [1.82, 2.24) is 0 Å². The summed E-state index contributed by atoms with van der Waals surface area (Å²) in [6.45, 7) is 0. The van der Waals surface area contributed by atoms with Crippen LogP contribution in [0.1, 0.15) is 31.8 Å². The molecule has 0 N–H and O–H groups in total. The van der Waals surface area contributed by atoms with Gasteiger partial charge in [0.2, 0.25) is 0 Å². The van der Waals surface area contributed by atoms with Crippen LogP contribution in [0.4, 0.5) is 11.4 Å². The Bertz CT molecular complexity index is 2140. The van der Waals surface area contributed by atoms with Crippen molar-refractivity contribution >= 4 is 44.5 Å². The van der Waals surface area contributed by atoms with Gasteiger partial charge in [0.1, 0.15) is 0 Å². The molecule has 0 aliphatic heterocycles. The average molecular weight is 549 g/mol. The number of rotatable bonds is 3. The Balaban J connectivity index is 1.49. The van der Waals surface area contributed by atoms with Gasteiger partial charge in [-0.25, -0.2) is 0 Å². The van der Waals surface area contributed by atoms with E-state index in [9.17, 15) is 29.8 Å². The summed E-state index contributed by atoms with van der Waals surface area (Å²) < 4.78 is 0. The summed E-state index contributed by atoms with van der Waals surface area (Å²) in [5, 5.41) is 26.0. The molecule has 0 atom stereocenters. The SMILES string of the molecule is O=C1c2ccccc2-c2cc(-c3cc4c5c(cc([N+](=O)[O-])cc5c3)C(=O)c3ccccc3-4)cc3cc([N+](=O)[O-])cc1c23. The molecule has 6 aromatic carbocycles. The lowest BCUT2D eigenvalue weighted by Gasteiger charge is -2.23. The molecule has 8 rings (SSSR count). The lowest BCUT2D eigenvalue weighted by Crippen LogP contribution is -2.11. The number of hydrogen-bond donors (Lipinski definition) is 0. The van der Waals surface area contributed by atoms with Gasteiger partial charge in [0.05, 0.1) is 9.85 Å². The topological polar surface area (TPSA) is 120 Å².